The number of hydrogen-bond acceptors (Lipinski definition) is 5. The van der Waals surface area contributed by atoms with Crippen LogP contribution in [-0.2, 0) is 15.8 Å². The molecule has 0 fully saturated rings. The average Bonchev–Trinajstić information content (AvgIpc) is 3.09. The van der Waals surface area contributed by atoms with E-state index in [0.717, 1.165) is 17.2 Å². The Hall–Kier alpha value is -2.55. The van der Waals surface area contributed by atoms with Crippen LogP contribution in [-0.4, -0.2) is 53.8 Å². The van der Waals surface area contributed by atoms with E-state index >= 15 is 0 Å². The molecule has 0 saturated carbocycles. The first-order valence-corrected chi connectivity index (χ1v) is 8.75. The van der Waals surface area contributed by atoms with Crippen LogP contribution in [0.25, 0.3) is 0 Å². The number of amides is 1. The van der Waals surface area contributed by atoms with E-state index in [1.54, 1.807) is 20.8 Å². The van der Waals surface area contributed by atoms with Crippen molar-refractivity contribution in [2.45, 2.75) is 32.5 Å². The van der Waals surface area contributed by atoms with Crippen LogP contribution >= 0.6 is 0 Å². The lowest BCUT2D eigenvalue weighted by Gasteiger charge is -2.24. The molecule has 0 radical (unpaired) electrons. The van der Waals surface area contributed by atoms with Gasteiger partial charge in [0, 0.05) is 13.1 Å². The Morgan fingerprint density at radius 1 is 0.964 bits per heavy atom. The van der Waals surface area contributed by atoms with E-state index in [2.05, 4.69) is 0 Å². The second-order valence-electron chi connectivity index (χ2n) is 7.77. The second kappa shape index (κ2) is 7.12. The molecule has 0 saturated heterocycles. The summed E-state index contributed by atoms with van der Waals surface area (Å²) in [6.07, 6.45) is -5.42. The van der Waals surface area contributed by atoms with Crippen LogP contribution in [0.5, 0.6) is 0 Å². The van der Waals surface area contributed by atoms with Crippen molar-refractivity contribution in [1.29, 1.82) is 0 Å². The van der Waals surface area contributed by atoms with Gasteiger partial charge in [0.25, 0.3) is 5.91 Å². The Balaban J connectivity index is 1.61. The first kappa shape index (κ1) is 20.2. The highest BCUT2D eigenvalue weighted by atomic mass is 19.4. The molecule has 3 rings (SSSR count). The van der Waals surface area contributed by atoms with E-state index in [1.165, 1.54) is 28.2 Å². The third kappa shape index (κ3) is 4.46. The van der Waals surface area contributed by atoms with E-state index in [9.17, 15) is 22.8 Å². The van der Waals surface area contributed by atoms with Crippen LogP contribution in [0.15, 0.2) is 35.4 Å². The van der Waals surface area contributed by atoms with E-state index < -0.39 is 29.4 Å². The summed E-state index contributed by atoms with van der Waals surface area (Å²) >= 11 is 0. The number of carbonyl (C=O) groups is 2. The second-order valence-corrected chi connectivity index (χ2v) is 7.77. The Morgan fingerprint density at radius 2 is 1.54 bits per heavy atom. The summed E-state index contributed by atoms with van der Waals surface area (Å²) in [5.41, 5.74) is -0.259. The van der Waals surface area contributed by atoms with Crippen molar-refractivity contribution in [3.8, 4) is 0 Å². The Kier molecular flexibility index (Phi) is 5.14. The smallest absolute Gasteiger partial charge is 0.427 e. The minimum Gasteiger partial charge on any atom is -0.427 e. The van der Waals surface area contributed by atoms with Crippen LogP contribution in [0, 0.1) is 0 Å². The number of hydrogen-bond donors (Lipinski definition) is 0. The van der Waals surface area contributed by atoms with Crippen LogP contribution in [0.4, 0.5) is 18.0 Å². The number of nitrogens with zero attached hydrogens (tertiary/aromatic N) is 2. The minimum absolute atomic E-state index is 0.203. The monoisotopic (exact) mass is 398 g/mol. The molecular formula is C19H21F3N2O4. The van der Waals surface area contributed by atoms with E-state index in [1.807, 2.05) is 0 Å². The minimum atomic E-state index is -4.60. The Morgan fingerprint density at radius 3 is 2.07 bits per heavy atom. The van der Waals surface area contributed by atoms with Crippen molar-refractivity contribution in [3.63, 3.8) is 0 Å². The maximum atomic E-state index is 13.2. The standard InChI is InChI=1S/C19H21F3N2O4/c1-18(2,3)27-17(26)28-24-10-12-8-23(9-13(12)11-24)16(25)14-6-4-5-7-15(14)19(20,21)22/h4-7H,8-11H2,1-3H3. The van der Waals surface area contributed by atoms with Crippen LogP contribution in [0.2, 0.25) is 0 Å². The molecule has 2 heterocycles. The third-order valence-electron chi connectivity index (χ3n) is 4.34. The van der Waals surface area contributed by atoms with Gasteiger partial charge in [0.05, 0.1) is 24.2 Å². The summed E-state index contributed by atoms with van der Waals surface area (Å²) in [6, 6.07) is 4.76. The molecule has 1 amide bonds. The molecular weight excluding hydrogens is 377 g/mol. The Labute approximate surface area is 160 Å². The van der Waals surface area contributed by atoms with Crippen molar-refractivity contribution in [3.05, 3.63) is 46.5 Å². The SMILES string of the molecule is CC(C)(C)OC(=O)ON1CC2=C(C1)CN(C(=O)c1ccccc1C(F)(F)F)C2. The molecule has 1 aromatic rings. The highest BCUT2D eigenvalue weighted by Crippen LogP contribution is 2.34. The van der Waals surface area contributed by atoms with Crippen molar-refractivity contribution in [2.75, 3.05) is 26.2 Å². The summed E-state index contributed by atoms with van der Waals surface area (Å²) in [5.74, 6) is -0.665. The molecule has 6 nitrogen and oxygen atoms in total. The molecule has 2 aliphatic heterocycles. The predicted molar refractivity (Wildman–Crippen MR) is 93.3 cm³/mol. The van der Waals surface area contributed by atoms with Crippen molar-refractivity contribution in [2.24, 2.45) is 0 Å². The number of ether oxygens (including phenoxy) is 1. The lowest BCUT2D eigenvalue weighted by atomic mass is 10.1. The number of alkyl halides is 3. The molecule has 0 bridgehead atoms. The van der Waals surface area contributed by atoms with Gasteiger partial charge in [0.15, 0.2) is 0 Å². The number of hydroxylamine groups is 2. The Bertz CT molecular complexity index is 809. The van der Waals surface area contributed by atoms with Crippen molar-refractivity contribution in [1.82, 2.24) is 9.96 Å². The molecule has 152 valence electrons. The first-order chi connectivity index (χ1) is 12.9. The zero-order valence-electron chi connectivity index (χ0n) is 15.8. The molecule has 0 atom stereocenters. The van der Waals surface area contributed by atoms with Gasteiger partial charge in [-0.15, -0.1) is 5.06 Å². The molecule has 0 aromatic heterocycles. The number of carbonyl (C=O) groups excluding carboxylic acids is 2. The highest BCUT2D eigenvalue weighted by Gasteiger charge is 2.39. The third-order valence-corrected chi connectivity index (χ3v) is 4.34. The van der Waals surface area contributed by atoms with E-state index in [0.29, 0.717) is 13.1 Å². The summed E-state index contributed by atoms with van der Waals surface area (Å²) in [4.78, 5) is 30.9. The molecule has 0 aliphatic carbocycles. The summed E-state index contributed by atoms with van der Waals surface area (Å²) in [6.45, 7) is 6.15. The van der Waals surface area contributed by atoms with Gasteiger partial charge in [-0.05, 0) is 44.1 Å². The highest BCUT2D eigenvalue weighted by molar-refractivity contribution is 5.96. The van der Waals surface area contributed by atoms with Gasteiger partial charge < -0.3 is 14.5 Å². The average molecular weight is 398 g/mol. The molecule has 1 aromatic carbocycles. The summed E-state index contributed by atoms with van der Waals surface area (Å²) in [5, 5.41) is 1.42. The molecule has 2 aliphatic rings. The summed E-state index contributed by atoms with van der Waals surface area (Å²) in [7, 11) is 0. The zero-order valence-corrected chi connectivity index (χ0v) is 15.8. The van der Waals surface area contributed by atoms with Gasteiger partial charge in [-0.25, -0.2) is 4.79 Å². The van der Waals surface area contributed by atoms with E-state index in [-0.39, 0.29) is 18.7 Å². The van der Waals surface area contributed by atoms with Gasteiger partial charge in [0.2, 0.25) is 0 Å². The van der Waals surface area contributed by atoms with Crippen molar-refractivity contribution < 1.29 is 32.3 Å². The zero-order chi connectivity index (χ0) is 20.7. The molecule has 0 unspecified atom stereocenters. The molecule has 0 N–H and O–H groups in total. The maximum Gasteiger partial charge on any atom is 0.528 e. The predicted octanol–water partition coefficient (Wildman–Crippen LogP) is 3.64. The quantitative estimate of drug-likeness (QED) is 0.562. The fourth-order valence-corrected chi connectivity index (χ4v) is 3.21. The van der Waals surface area contributed by atoms with Crippen molar-refractivity contribution >= 4 is 12.1 Å². The lowest BCUT2D eigenvalue weighted by molar-refractivity contribution is -0.138. The lowest BCUT2D eigenvalue weighted by Crippen LogP contribution is -2.36. The fourth-order valence-electron chi connectivity index (χ4n) is 3.21. The van der Waals surface area contributed by atoms with Crippen LogP contribution in [0.1, 0.15) is 36.7 Å². The van der Waals surface area contributed by atoms with Gasteiger partial charge in [-0.2, -0.15) is 13.2 Å². The molecule has 28 heavy (non-hydrogen) atoms. The maximum absolute atomic E-state index is 13.2. The molecule has 9 heteroatoms. The van der Waals surface area contributed by atoms with Crippen LogP contribution < -0.4 is 0 Å². The largest absolute Gasteiger partial charge is 0.528 e. The summed E-state index contributed by atoms with van der Waals surface area (Å²) < 4.78 is 44.6. The van der Waals surface area contributed by atoms with Gasteiger partial charge in [-0.1, -0.05) is 12.1 Å². The van der Waals surface area contributed by atoms with Gasteiger partial charge >= 0.3 is 12.3 Å². The fraction of sp³-hybridized carbons (Fsp3) is 0.474. The number of benzene rings is 1. The first-order valence-electron chi connectivity index (χ1n) is 8.75. The topological polar surface area (TPSA) is 59.1 Å². The normalized spacial score (nSPS) is 17.7. The van der Waals surface area contributed by atoms with Gasteiger partial charge in [0.1, 0.15) is 5.60 Å². The number of halogens is 3. The number of rotatable bonds is 2. The van der Waals surface area contributed by atoms with E-state index in [4.69, 9.17) is 9.57 Å². The van der Waals surface area contributed by atoms with Gasteiger partial charge in [-0.3, -0.25) is 4.79 Å². The molecule has 0 spiro atoms. The van der Waals surface area contributed by atoms with Crippen LogP contribution in [0.3, 0.4) is 0 Å².